The van der Waals surface area contributed by atoms with Gasteiger partial charge in [-0.2, -0.15) is 0 Å². The van der Waals surface area contributed by atoms with Crippen LogP contribution in [0.5, 0.6) is 0 Å². The van der Waals surface area contributed by atoms with Gasteiger partial charge >= 0.3 is 0 Å². The molecule has 2 heterocycles. The number of rotatable bonds is 3. The molecule has 3 aromatic rings. The van der Waals surface area contributed by atoms with Crippen LogP contribution in [0.1, 0.15) is 16.8 Å². The Labute approximate surface area is 122 Å². The van der Waals surface area contributed by atoms with E-state index < -0.39 is 0 Å². The van der Waals surface area contributed by atoms with Crippen molar-refractivity contribution in [3.05, 3.63) is 70.7 Å². The molecule has 0 saturated carbocycles. The number of hydrogen-bond acceptors (Lipinski definition) is 3. The van der Waals surface area contributed by atoms with Gasteiger partial charge in [0.1, 0.15) is 5.15 Å². The van der Waals surface area contributed by atoms with Gasteiger partial charge in [0.2, 0.25) is 0 Å². The van der Waals surface area contributed by atoms with Crippen LogP contribution >= 0.6 is 11.6 Å². The second kappa shape index (κ2) is 5.47. The Bertz CT molecular complexity index is 686. The van der Waals surface area contributed by atoms with Crippen molar-refractivity contribution in [3.8, 4) is 11.6 Å². The van der Waals surface area contributed by atoms with Crippen molar-refractivity contribution in [2.24, 2.45) is 0 Å². The summed E-state index contributed by atoms with van der Waals surface area (Å²) in [5.74, 6) is 1.15. The van der Waals surface area contributed by atoms with Gasteiger partial charge in [-0.15, -0.1) is 0 Å². The van der Waals surface area contributed by atoms with Crippen molar-refractivity contribution in [2.45, 2.75) is 13.3 Å². The topological polar surface area (TPSA) is 38.9 Å². The van der Waals surface area contributed by atoms with E-state index in [0.29, 0.717) is 16.7 Å². The highest BCUT2D eigenvalue weighted by Crippen LogP contribution is 2.24. The monoisotopic (exact) mass is 284 g/mol. The Hall–Kier alpha value is -2.13. The minimum absolute atomic E-state index is 0.479. The van der Waals surface area contributed by atoms with Crippen molar-refractivity contribution in [3.63, 3.8) is 0 Å². The van der Waals surface area contributed by atoms with Crippen molar-refractivity contribution in [1.82, 2.24) is 9.97 Å². The Balaban J connectivity index is 1.97. The number of furan rings is 1. The van der Waals surface area contributed by atoms with Crippen molar-refractivity contribution in [1.29, 1.82) is 0 Å². The molecule has 3 nitrogen and oxygen atoms in total. The van der Waals surface area contributed by atoms with Gasteiger partial charge in [0.15, 0.2) is 11.6 Å². The highest BCUT2D eigenvalue weighted by atomic mass is 35.5. The van der Waals surface area contributed by atoms with Gasteiger partial charge in [-0.05, 0) is 24.6 Å². The number of hydrogen-bond donors (Lipinski definition) is 0. The van der Waals surface area contributed by atoms with E-state index in [1.54, 1.807) is 12.3 Å². The molecule has 20 heavy (non-hydrogen) atoms. The summed E-state index contributed by atoms with van der Waals surface area (Å²) < 4.78 is 5.30. The molecule has 0 aliphatic carbocycles. The molecule has 0 radical (unpaired) electrons. The molecule has 0 aliphatic heterocycles. The summed E-state index contributed by atoms with van der Waals surface area (Å²) in [4.78, 5) is 8.82. The fourth-order valence-electron chi connectivity index (χ4n) is 2.08. The second-order valence-corrected chi connectivity index (χ2v) is 4.90. The molecule has 4 heteroatoms. The quantitative estimate of drug-likeness (QED) is 0.674. The van der Waals surface area contributed by atoms with Gasteiger partial charge in [0.05, 0.1) is 6.26 Å². The lowest BCUT2D eigenvalue weighted by molar-refractivity contribution is 0.576. The minimum atomic E-state index is 0.479. The lowest BCUT2D eigenvalue weighted by Gasteiger charge is -2.08. The van der Waals surface area contributed by atoms with E-state index in [9.17, 15) is 0 Å². The molecule has 100 valence electrons. The minimum Gasteiger partial charge on any atom is -0.461 e. The maximum absolute atomic E-state index is 6.31. The van der Waals surface area contributed by atoms with E-state index in [-0.39, 0.29) is 0 Å². The van der Waals surface area contributed by atoms with Crippen LogP contribution in [0.4, 0.5) is 0 Å². The Morgan fingerprint density at radius 2 is 1.85 bits per heavy atom. The summed E-state index contributed by atoms with van der Waals surface area (Å²) in [6.07, 6.45) is 2.32. The molecule has 0 bridgehead atoms. The Morgan fingerprint density at radius 1 is 1.05 bits per heavy atom. The lowest BCUT2D eigenvalue weighted by Crippen LogP contribution is -2.01. The standard InChI is InChI=1S/C16H13ClN2O/c1-11-13(10-12-6-3-2-4-7-12)15(17)19-16(18-11)14-8-5-9-20-14/h2-9H,10H2,1H3. The van der Waals surface area contributed by atoms with Gasteiger partial charge < -0.3 is 4.42 Å². The summed E-state index contributed by atoms with van der Waals surface area (Å²) in [7, 11) is 0. The molecule has 0 aliphatic rings. The molecule has 1 aromatic carbocycles. The molecule has 0 N–H and O–H groups in total. The number of nitrogens with zero attached hydrogens (tertiary/aromatic N) is 2. The molecule has 0 spiro atoms. The van der Waals surface area contributed by atoms with Crippen molar-refractivity contribution < 1.29 is 4.42 Å². The van der Waals surface area contributed by atoms with Crippen LogP contribution in [0.15, 0.2) is 53.1 Å². The van der Waals surface area contributed by atoms with Crippen LogP contribution < -0.4 is 0 Å². The average Bonchev–Trinajstić information content (AvgIpc) is 2.98. The van der Waals surface area contributed by atoms with Crippen LogP contribution in [0, 0.1) is 6.92 Å². The van der Waals surface area contributed by atoms with Crippen LogP contribution in [0.2, 0.25) is 5.15 Å². The van der Waals surface area contributed by atoms with E-state index in [1.165, 1.54) is 5.56 Å². The maximum Gasteiger partial charge on any atom is 0.197 e. The molecule has 2 aromatic heterocycles. The number of aromatic nitrogens is 2. The zero-order chi connectivity index (χ0) is 13.9. The first-order valence-electron chi connectivity index (χ1n) is 6.35. The molecule has 0 atom stereocenters. The smallest absolute Gasteiger partial charge is 0.197 e. The van der Waals surface area contributed by atoms with Crippen LogP contribution in [0.3, 0.4) is 0 Å². The first-order valence-corrected chi connectivity index (χ1v) is 6.72. The Morgan fingerprint density at radius 3 is 2.50 bits per heavy atom. The molecule has 0 fully saturated rings. The van der Waals surface area contributed by atoms with E-state index in [0.717, 1.165) is 17.7 Å². The molecule has 3 rings (SSSR count). The predicted molar refractivity (Wildman–Crippen MR) is 78.7 cm³/mol. The zero-order valence-electron chi connectivity index (χ0n) is 11.0. The summed E-state index contributed by atoms with van der Waals surface area (Å²) >= 11 is 6.31. The summed E-state index contributed by atoms with van der Waals surface area (Å²) in [5.41, 5.74) is 3.01. The fraction of sp³-hybridized carbons (Fsp3) is 0.125. The number of aryl methyl sites for hydroxylation is 1. The van der Waals surface area contributed by atoms with Gasteiger partial charge in [-0.3, -0.25) is 0 Å². The number of halogens is 1. The predicted octanol–water partition coefficient (Wildman–Crippen LogP) is 4.29. The molecule has 0 saturated heterocycles. The summed E-state index contributed by atoms with van der Waals surface area (Å²) in [6.45, 7) is 1.94. The largest absolute Gasteiger partial charge is 0.461 e. The van der Waals surface area contributed by atoms with Crippen molar-refractivity contribution in [2.75, 3.05) is 0 Å². The Kier molecular flexibility index (Phi) is 3.52. The number of benzene rings is 1. The molecular formula is C16H13ClN2O. The molecule has 0 amide bonds. The van der Waals surface area contributed by atoms with Gasteiger partial charge in [-0.25, -0.2) is 9.97 Å². The SMILES string of the molecule is Cc1nc(-c2ccco2)nc(Cl)c1Cc1ccccc1. The third-order valence-electron chi connectivity index (χ3n) is 3.13. The third kappa shape index (κ3) is 2.58. The van der Waals surface area contributed by atoms with Crippen LogP contribution in [-0.4, -0.2) is 9.97 Å². The fourth-order valence-corrected chi connectivity index (χ4v) is 2.36. The normalized spacial score (nSPS) is 10.7. The van der Waals surface area contributed by atoms with E-state index >= 15 is 0 Å². The first-order chi connectivity index (χ1) is 9.74. The van der Waals surface area contributed by atoms with E-state index in [1.807, 2.05) is 31.2 Å². The van der Waals surface area contributed by atoms with Gasteiger partial charge in [0.25, 0.3) is 0 Å². The van der Waals surface area contributed by atoms with Crippen LogP contribution in [0.25, 0.3) is 11.6 Å². The summed E-state index contributed by atoms with van der Waals surface area (Å²) in [6, 6.07) is 13.8. The lowest BCUT2D eigenvalue weighted by atomic mass is 10.1. The van der Waals surface area contributed by atoms with E-state index in [4.69, 9.17) is 16.0 Å². The molecule has 0 unspecified atom stereocenters. The van der Waals surface area contributed by atoms with Gasteiger partial charge in [0, 0.05) is 17.7 Å². The molecular weight excluding hydrogens is 272 g/mol. The highest BCUT2D eigenvalue weighted by molar-refractivity contribution is 6.30. The third-order valence-corrected chi connectivity index (χ3v) is 3.44. The highest BCUT2D eigenvalue weighted by Gasteiger charge is 2.13. The van der Waals surface area contributed by atoms with Crippen LogP contribution in [-0.2, 0) is 6.42 Å². The maximum atomic E-state index is 6.31. The zero-order valence-corrected chi connectivity index (χ0v) is 11.8. The first kappa shape index (κ1) is 12.9. The summed E-state index contributed by atoms with van der Waals surface area (Å²) in [5, 5.41) is 0.479. The van der Waals surface area contributed by atoms with Crippen molar-refractivity contribution >= 4 is 11.6 Å². The average molecular weight is 285 g/mol. The van der Waals surface area contributed by atoms with Gasteiger partial charge in [-0.1, -0.05) is 41.9 Å². The second-order valence-electron chi connectivity index (χ2n) is 4.54. The van der Waals surface area contributed by atoms with E-state index in [2.05, 4.69) is 22.1 Å².